The summed E-state index contributed by atoms with van der Waals surface area (Å²) in [6.45, 7) is -0.978. The first-order valence-corrected chi connectivity index (χ1v) is 8.56. The van der Waals surface area contributed by atoms with Crippen LogP contribution in [0.3, 0.4) is 0 Å². The summed E-state index contributed by atoms with van der Waals surface area (Å²) >= 11 is 5.80. The fourth-order valence-electron chi connectivity index (χ4n) is 2.93. The number of hydrogen-bond donors (Lipinski definition) is 2. The van der Waals surface area contributed by atoms with E-state index in [1.807, 2.05) is 0 Å². The first-order chi connectivity index (χ1) is 13.2. The van der Waals surface area contributed by atoms with E-state index in [1.165, 1.54) is 24.3 Å². The highest BCUT2D eigenvalue weighted by molar-refractivity contribution is 6.31. The van der Waals surface area contributed by atoms with Crippen LogP contribution in [0.2, 0.25) is 5.02 Å². The monoisotopic (exact) mass is 413 g/mol. The lowest BCUT2D eigenvalue weighted by atomic mass is 9.99. The van der Waals surface area contributed by atoms with Crippen LogP contribution < -0.4 is 5.32 Å². The number of carboxylic acids is 1. The molecule has 0 fully saturated rings. The van der Waals surface area contributed by atoms with E-state index in [0.717, 1.165) is 18.2 Å². The maximum atomic E-state index is 14.8. The lowest BCUT2D eigenvalue weighted by Gasteiger charge is -2.21. The SMILES string of the molecule is O=C(O)Cc1c(Cl)ccc(NCC(F)(F)c2ccc(F)c3ccccc23)c1F.[HH]. The molecule has 3 aromatic carbocycles. The van der Waals surface area contributed by atoms with Crippen LogP contribution in [-0.2, 0) is 17.1 Å². The quantitative estimate of drug-likeness (QED) is 0.498. The van der Waals surface area contributed by atoms with E-state index in [9.17, 15) is 22.4 Å². The molecule has 0 spiro atoms. The maximum absolute atomic E-state index is 14.8. The third-order valence-corrected chi connectivity index (χ3v) is 4.63. The van der Waals surface area contributed by atoms with Gasteiger partial charge in [0.25, 0.3) is 5.92 Å². The minimum absolute atomic E-state index is 0. The molecular formula is C20H16ClF4NO2. The number of aliphatic carboxylic acids is 1. The van der Waals surface area contributed by atoms with Crippen LogP contribution in [0.15, 0.2) is 48.5 Å². The number of carbonyl (C=O) groups is 1. The molecule has 3 nitrogen and oxygen atoms in total. The summed E-state index contributed by atoms with van der Waals surface area (Å²) in [5.74, 6) is -6.38. The van der Waals surface area contributed by atoms with Crippen molar-refractivity contribution < 1.29 is 28.9 Å². The van der Waals surface area contributed by atoms with Gasteiger partial charge in [-0.3, -0.25) is 4.79 Å². The summed E-state index contributed by atoms with van der Waals surface area (Å²) in [6.07, 6.45) is -0.681. The average Bonchev–Trinajstić information content (AvgIpc) is 2.64. The third kappa shape index (κ3) is 3.89. The van der Waals surface area contributed by atoms with Crippen molar-refractivity contribution in [2.45, 2.75) is 12.3 Å². The molecule has 3 rings (SSSR count). The predicted molar refractivity (Wildman–Crippen MR) is 101 cm³/mol. The van der Waals surface area contributed by atoms with Crippen LogP contribution in [0, 0.1) is 11.6 Å². The zero-order chi connectivity index (χ0) is 20.5. The molecule has 0 atom stereocenters. The molecule has 0 aromatic heterocycles. The minimum Gasteiger partial charge on any atom is -0.481 e. The van der Waals surface area contributed by atoms with Gasteiger partial charge >= 0.3 is 5.97 Å². The van der Waals surface area contributed by atoms with Gasteiger partial charge in [0, 0.05) is 23.0 Å². The standard InChI is InChI=1S/C20H14ClF4NO2.H2/c21-15-6-8-17(19(23)13(15)9-18(27)28)26-10-20(24,25)14-5-7-16(22)12-4-2-1-3-11(12)14;/h1-8,26H,9-10H2,(H,27,28);1H. The molecule has 2 N–H and O–H groups in total. The van der Waals surface area contributed by atoms with Gasteiger partial charge < -0.3 is 10.4 Å². The first kappa shape index (κ1) is 19.9. The number of rotatable bonds is 6. The lowest BCUT2D eigenvalue weighted by Crippen LogP contribution is -2.25. The van der Waals surface area contributed by atoms with Gasteiger partial charge in [-0.1, -0.05) is 35.9 Å². The van der Waals surface area contributed by atoms with Gasteiger partial charge in [0.1, 0.15) is 5.82 Å². The number of halogens is 5. The number of carboxylic acid groups (broad SMARTS) is 1. The largest absolute Gasteiger partial charge is 0.481 e. The second kappa shape index (κ2) is 7.67. The fourth-order valence-corrected chi connectivity index (χ4v) is 3.14. The number of anilines is 1. The second-order valence-corrected chi connectivity index (χ2v) is 6.56. The highest BCUT2D eigenvalue weighted by atomic mass is 35.5. The normalized spacial score (nSPS) is 11.6. The van der Waals surface area contributed by atoms with E-state index >= 15 is 0 Å². The number of nitrogens with one attached hydrogen (secondary N) is 1. The number of fused-ring (bicyclic) bond motifs is 1. The summed E-state index contributed by atoms with van der Waals surface area (Å²) < 4.78 is 57.9. The van der Waals surface area contributed by atoms with Gasteiger partial charge in [0.2, 0.25) is 0 Å². The maximum Gasteiger partial charge on any atom is 0.307 e. The fraction of sp³-hybridized carbons (Fsp3) is 0.150. The molecule has 0 aliphatic rings. The number of benzene rings is 3. The van der Waals surface area contributed by atoms with E-state index in [1.54, 1.807) is 6.07 Å². The predicted octanol–water partition coefficient (Wildman–Crippen LogP) is 5.85. The van der Waals surface area contributed by atoms with Crippen LogP contribution in [0.25, 0.3) is 10.8 Å². The van der Waals surface area contributed by atoms with Crippen LogP contribution in [0.4, 0.5) is 23.2 Å². The molecule has 0 bridgehead atoms. The summed E-state index contributed by atoms with van der Waals surface area (Å²) in [5, 5.41) is 11.1. The van der Waals surface area contributed by atoms with Gasteiger partial charge in [-0.15, -0.1) is 0 Å². The van der Waals surface area contributed by atoms with Crippen molar-refractivity contribution in [2.75, 3.05) is 11.9 Å². The van der Waals surface area contributed by atoms with Crippen LogP contribution in [-0.4, -0.2) is 17.6 Å². The topological polar surface area (TPSA) is 49.3 Å². The van der Waals surface area contributed by atoms with Crippen molar-refractivity contribution >= 4 is 34.0 Å². The zero-order valence-corrected chi connectivity index (χ0v) is 15.0. The summed E-state index contributed by atoms with van der Waals surface area (Å²) in [7, 11) is 0. The highest BCUT2D eigenvalue weighted by Gasteiger charge is 2.34. The lowest BCUT2D eigenvalue weighted by molar-refractivity contribution is -0.136. The Hall–Kier alpha value is -2.80. The zero-order valence-electron chi connectivity index (χ0n) is 14.3. The molecule has 28 heavy (non-hydrogen) atoms. The Morgan fingerprint density at radius 3 is 2.43 bits per heavy atom. The molecule has 3 aromatic rings. The molecule has 0 aliphatic heterocycles. The Morgan fingerprint density at radius 2 is 1.75 bits per heavy atom. The summed E-state index contributed by atoms with van der Waals surface area (Å²) in [6, 6.07) is 10.2. The number of hydrogen-bond acceptors (Lipinski definition) is 2. The van der Waals surface area contributed by atoms with E-state index in [4.69, 9.17) is 16.7 Å². The van der Waals surface area contributed by atoms with Crippen molar-refractivity contribution in [2.24, 2.45) is 0 Å². The van der Waals surface area contributed by atoms with Crippen molar-refractivity contribution in [1.29, 1.82) is 0 Å². The van der Waals surface area contributed by atoms with E-state index in [0.29, 0.717) is 0 Å². The molecule has 0 saturated heterocycles. The molecule has 0 aliphatic carbocycles. The molecule has 0 radical (unpaired) electrons. The Balaban J connectivity index is 0.00000300. The van der Waals surface area contributed by atoms with Crippen molar-refractivity contribution in [3.63, 3.8) is 0 Å². The molecule has 8 heteroatoms. The Bertz CT molecular complexity index is 1060. The average molecular weight is 414 g/mol. The molecule has 0 saturated carbocycles. The Labute approximate surface area is 164 Å². The summed E-state index contributed by atoms with van der Waals surface area (Å²) in [4.78, 5) is 10.8. The van der Waals surface area contributed by atoms with Crippen molar-refractivity contribution in [3.8, 4) is 0 Å². The Kier molecular flexibility index (Phi) is 5.47. The van der Waals surface area contributed by atoms with Crippen molar-refractivity contribution in [1.82, 2.24) is 0 Å². The van der Waals surface area contributed by atoms with E-state index in [-0.39, 0.29) is 28.5 Å². The van der Waals surface area contributed by atoms with Gasteiger partial charge in [-0.25, -0.2) is 8.78 Å². The third-order valence-electron chi connectivity index (χ3n) is 4.28. The molecule has 0 unspecified atom stereocenters. The van der Waals surface area contributed by atoms with Crippen LogP contribution >= 0.6 is 11.6 Å². The molecular weight excluding hydrogens is 398 g/mol. The minimum atomic E-state index is -3.45. The van der Waals surface area contributed by atoms with E-state index < -0.39 is 42.1 Å². The van der Waals surface area contributed by atoms with Gasteiger partial charge in [-0.05, 0) is 29.7 Å². The Morgan fingerprint density at radius 1 is 1.07 bits per heavy atom. The van der Waals surface area contributed by atoms with Crippen LogP contribution in [0.5, 0.6) is 0 Å². The van der Waals surface area contributed by atoms with Crippen LogP contribution in [0.1, 0.15) is 12.6 Å². The van der Waals surface area contributed by atoms with E-state index in [2.05, 4.69) is 5.32 Å². The molecule has 0 heterocycles. The smallest absolute Gasteiger partial charge is 0.307 e. The van der Waals surface area contributed by atoms with Gasteiger partial charge in [0.05, 0.1) is 18.7 Å². The van der Waals surface area contributed by atoms with Gasteiger partial charge in [0.15, 0.2) is 5.82 Å². The molecule has 148 valence electrons. The second-order valence-electron chi connectivity index (χ2n) is 6.16. The highest BCUT2D eigenvalue weighted by Crippen LogP contribution is 2.35. The van der Waals surface area contributed by atoms with Crippen molar-refractivity contribution in [3.05, 3.63) is 76.3 Å². The molecule has 0 amide bonds. The first-order valence-electron chi connectivity index (χ1n) is 8.19. The van der Waals surface area contributed by atoms with Gasteiger partial charge in [-0.2, -0.15) is 8.78 Å². The number of alkyl halides is 2. The summed E-state index contributed by atoms with van der Waals surface area (Å²) in [5.41, 5.74) is -1.00.